The van der Waals surface area contributed by atoms with Crippen LogP contribution in [0.2, 0.25) is 5.02 Å². The third-order valence-corrected chi connectivity index (χ3v) is 3.20. The van der Waals surface area contributed by atoms with Crippen molar-refractivity contribution in [2.45, 2.75) is 6.92 Å². The average molecular weight is 255 g/mol. The second-order valence-corrected chi connectivity index (χ2v) is 4.65. The lowest BCUT2D eigenvalue weighted by Crippen LogP contribution is -1.88. The van der Waals surface area contributed by atoms with Crippen LogP contribution in [0.4, 0.5) is 0 Å². The van der Waals surface area contributed by atoms with E-state index in [1.165, 1.54) is 0 Å². The summed E-state index contributed by atoms with van der Waals surface area (Å²) >= 11 is 6.29. The fourth-order valence-electron chi connectivity index (χ4n) is 2.06. The van der Waals surface area contributed by atoms with E-state index in [2.05, 4.69) is 9.97 Å². The summed E-state index contributed by atoms with van der Waals surface area (Å²) in [6, 6.07) is 9.99. The number of hydrogen-bond donors (Lipinski definition) is 0. The molecule has 0 atom stereocenters. The van der Waals surface area contributed by atoms with Crippen LogP contribution in [0.1, 0.15) is 5.56 Å². The first-order valence-corrected chi connectivity index (χ1v) is 6.09. The van der Waals surface area contributed by atoms with E-state index in [9.17, 15) is 0 Å². The number of halogens is 1. The minimum Gasteiger partial charge on any atom is -0.264 e. The minimum absolute atomic E-state index is 0.680. The monoisotopic (exact) mass is 254 g/mol. The standard InChI is InChI=1S/C15H11ClN2/c1-10-7-14(16)15(18-8-10)13-4-2-3-11-9-17-6-5-12(11)13/h2-9H,1H3. The number of aryl methyl sites for hydroxylation is 1. The largest absolute Gasteiger partial charge is 0.264 e. The number of nitrogens with zero attached hydrogens (tertiary/aromatic N) is 2. The molecule has 0 bridgehead atoms. The van der Waals surface area contributed by atoms with E-state index in [4.69, 9.17) is 11.6 Å². The number of aromatic nitrogens is 2. The van der Waals surface area contributed by atoms with Crippen LogP contribution in [0.3, 0.4) is 0 Å². The van der Waals surface area contributed by atoms with Crippen molar-refractivity contribution in [1.82, 2.24) is 9.97 Å². The Morgan fingerprint density at radius 1 is 1.11 bits per heavy atom. The van der Waals surface area contributed by atoms with Crippen molar-refractivity contribution < 1.29 is 0 Å². The van der Waals surface area contributed by atoms with Crippen LogP contribution in [0.5, 0.6) is 0 Å². The average Bonchev–Trinajstić information content (AvgIpc) is 2.38. The lowest BCUT2D eigenvalue weighted by Gasteiger charge is -2.07. The van der Waals surface area contributed by atoms with Gasteiger partial charge in [-0.25, -0.2) is 0 Å². The summed E-state index contributed by atoms with van der Waals surface area (Å²) in [6.45, 7) is 1.98. The Morgan fingerprint density at radius 2 is 2.00 bits per heavy atom. The van der Waals surface area contributed by atoms with Crippen LogP contribution in [0.15, 0.2) is 48.9 Å². The Bertz CT molecular complexity index is 717. The summed E-state index contributed by atoms with van der Waals surface area (Å²) < 4.78 is 0. The molecule has 0 aliphatic heterocycles. The third-order valence-electron chi connectivity index (χ3n) is 2.91. The molecule has 2 aromatic heterocycles. The van der Waals surface area contributed by atoms with Crippen molar-refractivity contribution in [3.8, 4) is 11.3 Å². The van der Waals surface area contributed by atoms with Crippen molar-refractivity contribution in [2.24, 2.45) is 0 Å². The molecule has 0 radical (unpaired) electrons. The zero-order chi connectivity index (χ0) is 12.5. The summed E-state index contributed by atoms with van der Waals surface area (Å²) in [6.07, 6.45) is 5.47. The molecule has 0 aliphatic rings. The van der Waals surface area contributed by atoms with Gasteiger partial charge >= 0.3 is 0 Å². The quantitative estimate of drug-likeness (QED) is 0.648. The van der Waals surface area contributed by atoms with Crippen molar-refractivity contribution in [3.63, 3.8) is 0 Å². The number of benzene rings is 1. The highest BCUT2D eigenvalue weighted by Gasteiger charge is 2.08. The fraction of sp³-hybridized carbons (Fsp3) is 0.0667. The molecule has 0 N–H and O–H groups in total. The number of fused-ring (bicyclic) bond motifs is 1. The van der Waals surface area contributed by atoms with Crippen molar-refractivity contribution >= 4 is 22.4 Å². The smallest absolute Gasteiger partial charge is 0.0894 e. The molecule has 0 aliphatic carbocycles. The Kier molecular flexibility index (Phi) is 2.73. The van der Waals surface area contributed by atoms with Crippen LogP contribution in [-0.4, -0.2) is 9.97 Å². The molecule has 0 unspecified atom stereocenters. The Morgan fingerprint density at radius 3 is 2.83 bits per heavy atom. The van der Waals surface area contributed by atoms with Gasteiger partial charge in [-0.2, -0.15) is 0 Å². The molecule has 18 heavy (non-hydrogen) atoms. The summed E-state index contributed by atoms with van der Waals surface area (Å²) in [5.74, 6) is 0. The highest BCUT2D eigenvalue weighted by atomic mass is 35.5. The van der Waals surface area contributed by atoms with Crippen LogP contribution in [-0.2, 0) is 0 Å². The van der Waals surface area contributed by atoms with Gasteiger partial charge in [-0.1, -0.05) is 29.8 Å². The van der Waals surface area contributed by atoms with Crippen LogP contribution in [0.25, 0.3) is 22.0 Å². The molecule has 0 saturated carbocycles. The molecule has 2 nitrogen and oxygen atoms in total. The first-order chi connectivity index (χ1) is 8.75. The zero-order valence-electron chi connectivity index (χ0n) is 9.89. The van der Waals surface area contributed by atoms with Gasteiger partial charge in [-0.15, -0.1) is 0 Å². The Balaban J connectivity index is 2.31. The third kappa shape index (κ3) is 1.85. The molecule has 0 fully saturated rings. The van der Waals surface area contributed by atoms with Gasteiger partial charge in [0.2, 0.25) is 0 Å². The molecular weight excluding hydrogens is 244 g/mol. The molecule has 3 heteroatoms. The van der Waals surface area contributed by atoms with Gasteiger partial charge < -0.3 is 0 Å². The minimum atomic E-state index is 0.680. The summed E-state index contributed by atoms with van der Waals surface area (Å²) in [7, 11) is 0. The highest BCUT2D eigenvalue weighted by molar-refractivity contribution is 6.33. The van der Waals surface area contributed by atoms with E-state index < -0.39 is 0 Å². The van der Waals surface area contributed by atoms with E-state index >= 15 is 0 Å². The van der Waals surface area contributed by atoms with Gasteiger partial charge in [-0.3, -0.25) is 9.97 Å². The van der Waals surface area contributed by atoms with Crippen LogP contribution in [0, 0.1) is 6.92 Å². The first-order valence-electron chi connectivity index (χ1n) is 5.71. The Hall–Kier alpha value is -1.93. The Labute approximate surface area is 110 Å². The maximum absolute atomic E-state index is 6.29. The van der Waals surface area contributed by atoms with Gasteiger partial charge in [0.25, 0.3) is 0 Å². The molecule has 0 spiro atoms. The number of pyridine rings is 2. The van der Waals surface area contributed by atoms with Crippen LogP contribution < -0.4 is 0 Å². The second-order valence-electron chi connectivity index (χ2n) is 4.25. The molecule has 3 aromatic rings. The first kappa shape index (κ1) is 11.2. The molecule has 0 amide bonds. The van der Waals surface area contributed by atoms with E-state index in [1.807, 2.05) is 49.6 Å². The normalized spacial score (nSPS) is 10.8. The predicted octanol–water partition coefficient (Wildman–Crippen LogP) is 4.26. The van der Waals surface area contributed by atoms with Gasteiger partial charge in [0, 0.05) is 29.5 Å². The lowest BCUT2D eigenvalue weighted by molar-refractivity contribution is 1.27. The maximum atomic E-state index is 6.29. The van der Waals surface area contributed by atoms with Crippen molar-refractivity contribution in [1.29, 1.82) is 0 Å². The van der Waals surface area contributed by atoms with Crippen molar-refractivity contribution in [2.75, 3.05) is 0 Å². The maximum Gasteiger partial charge on any atom is 0.0894 e. The molecule has 3 rings (SSSR count). The van der Waals surface area contributed by atoms with Gasteiger partial charge in [0.15, 0.2) is 0 Å². The topological polar surface area (TPSA) is 25.8 Å². The number of hydrogen-bond acceptors (Lipinski definition) is 2. The number of rotatable bonds is 1. The SMILES string of the molecule is Cc1cnc(-c2cccc3cnccc23)c(Cl)c1. The van der Waals surface area contributed by atoms with Gasteiger partial charge in [0.05, 0.1) is 10.7 Å². The lowest BCUT2D eigenvalue weighted by atomic mass is 10.0. The second kappa shape index (κ2) is 4.39. The van der Waals surface area contributed by atoms with Crippen molar-refractivity contribution in [3.05, 3.63) is 59.5 Å². The van der Waals surface area contributed by atoms with Crippen LogP contribution >= 0.6 is 11.6 Å². The van der Waals surface area contributed by atoms with E-state index in [0.717, 1.165) is 27.6 Å². The summed E-state index contributed by atoms with van der Waals surface area (Å²) in [5, 5.41) is 2.89. The van der Waals surface area contributed by atoms with E-state index in [1.54, 1.807) is 6.20 Å². The molecular formula is C15H11ClN2. The molecule has 2 heterocycles. The molecule has 88 valence electrons. The highest BCUT2D eigenvalue weighted by Crippen LogP contribution is 2.31. The summed E-state index contributed by atoms with van der Waals surface area (Å²) in [5.41, 5.74) is 2.92. The fourth-order valence-corrected chi connectivity index (χ4v) is 2.38. The zero-order valence-corrected chi connectivity index (χ0v) is 10.6. The summed E-state index contributed by atoms with van der Waals surface area (Å²) in [4.78, 5) is 8.58. The predicted molar refractivity (Wildman–Crippen MR) is 74.7 cm³/mol. The van der Waals surface area contributed by atoms with E-state index in [-0.39, 0.29) is 0 Å². The van der Waals surface area contributed by atoms with Gasteiger partial charge in [-0.05, 0) is 30.0 Å². The molecule has 1 aromatic carbocycles. The van der Waals surface area contributed by atoms with E-state index in [0.29, 0.717) is 5.02 Å². The van der Waals surface area contributed by atoms with Gasteiger partial charge in [0.1, 0.15) is 0 Å². The molecule has 0 saturated heterocycles.